The molecule has 1 amide bonds. The third-order valence-electron chi connectivity index (χ3n) is 5.48. The number of nitrogens with one attached hydrogen (secondary N) is 1. The topological polar surface area (TPSA) is 85.6 Å². The molecule has 2 aromatic carbocycles. The van der Waals surface area contributed by atoms with E-state index in [0.717, 1.165) is 31.5 Å². The molecule has 0 fully saturated rings. The second-order valence-corrected chi connectivity index (χ2v) is 11.0. The first kappa shape index (κ1) is 23.5. The molecule has 0 radical (unpaired) electrons. The number of methoxy groups -OCH3 is 1. The van der Waals surface area contributed by atoms with E-state index in [1.807, 2.05) is 65.9 Å². The van der Waals surface area contributed by atoms with E-state index in [2.05, 4.69) is 37.5 Å². The first-order valence-corrected chi connectivity index (χ1v) is 13.2. The van der Waals surface area contributed by atoms with Gasteiger partial charge >= 0.3 is 5.97 Å². The van der Waals surface area contributed by atoms with Gasteiger partial charge in [0, 0.05) is 10.9 Å². The van der Waals surface area contributed by atoms with E-state index in [9.17, 15) is 9.59 Å². The number of anilines is 1. The van der Waals surface area contributed by atoms with Crippen LogP contribution in [0.4, 0.5) is 5.00 Å². The summed E-state index contributed by atoms with van der Waals surface area (Å²) in [6.45, 7) is 2.04. The van der Waals surface area contributed by atoms with Crippen molar-refractivity contribution in [2.45, 2.75) is 12.1 Å². The Kier molecular flexibility index (Phi) is 6.59. The molecule has 0 aliphatic carbocycles. The number of hydrogen-bond acceptors (Lipinski definition) is 7. The quantitative estimate of drug-likeness (QED) is 0.194. The highest BCUT2D eigenvalue weighted by atomic mass is 79.9. The van der Waals surface area contributed by atoms with Crippen LogP contribution < -0.4 is 5.32 Å². The van der Waals surface area contributed by atoms with Gasteiger partial charge in [-0.15, -0.1) is 21.5 Å². The van der Waals surface area contributed by atoms with Crippen LogP contribution in [0.2, 0.25) is 0 Å². The molecule has 3 heterocycles. The van der Waals surface area contributed by atoms with Gasteiger partial charge in [0.1, 0.15) is 10.6 Å². The van der Waals surface area contributed by atoms with Crippen LogP contribution in [-0.4, -0.2) is 39.3 Å². The van der Waals surface area contributed by atoms with Crippen LogP contribution >= 0.6 is 39.0 Å². The summed E-state index contributed by atoms with van der Waals surface area (Å²) in [5, 5.41) is 13.6. The van der Waals surface area contributed by atoms with Gasteiger partial charge in [0.05, 0.1) is 22.2 Å². The van der Waals surface area contributed by atoms with Crippen molar-refractivity contribution in [3.63, 3.8) is 0 Å². The van der Waals surface area contributed by atoms with Crippen molar-refractivity contribution in [3.05, 3.63) is 75.6 Å². The predicted molar refractivity (Wildman–Crippen MR) is 143 cm³/mol. The number of nitrogens with zero attached hydrogens (tertiary/aromatic N) is 3. The van der Waals surface area contributed by atoms with E-state index in [0.29, 0.717) is 21.3 Å². The molecule has 3 aromatic heterocycles. The number of esters is 1. The SMILES string of the molecule is COC(=O)c1c(NC(=O)CSc2nnc3cc(C)c4ccccc4n23)sc(Br)c1-c1ccccc1. The summed E-state index contributed by atoms with van der Waals surface area (Å²) in [5.41, 5.74) is 4.69. The van der Waals surface area contributed by atoms with Crippen LogP contribution in [0, 0.1) is 6.92 Å². The summed E-state index contributed by atoms with van der Waals surface area (Å²) in [4.78, 5) is 25.6. The van der Waals surface area contributed by atoms with Crippen molar-refractivity contribution < 1.29 is 14.3 Å². The lowest BCUT2D eigenvalue weighted by Gasteiger charge is -2.08. The average molecular weight is 567 g/mol. The summed E-state index contributed by atoms with van der Waals surface area (Å²) < 4.78 is 7.71. The van der Waals surface area contributed by atoms with Crippen LogP contribution in [0.25, 0.3) is 27.7 Å². The third kappa shape index (κ3) is 4.44. The number of ether oxygens (including phenoxy) is 1. The average Bonchev–Trinajstić information content (AvgIpc) is 3.43. The Balaban J connectivity index is 1.42. The summed E-state index contributed by atoms with van der Waals surface area (Å²) in [6, 6.07) is 19.5. The number of fused-ring (bicyclic) bond motifs is 3. The smallest absolute Gasteiger partial charge is 0.341 e. The van der Waals surface area contributed by atoms with Crippen molar-refractivity contribution in [1.82, 2.24) is 14.6 Å². The standard InChI is InChI=1S/C25H19BrN4O3S2/c1-14-12-18-28-29-25(30(18)17-11-7-6-10-16(14)17)34-13-19(31)27-23-21(24(32)33-2)20(22(26)35-23)15-8-4-3-5-9-15/h3-12H,13H2,1-2H3,(H,27,31). The minimum absolute atomic E-state index is 0.0970. The summed E-state index contributed by atoms with van der Waals surface area (Å²) in [7, 11) is 1.33. The number of para-hydroxylation sites is 1. The van der Waals surface area contributed by atoms with E-state index in [4.69, 9.17) is 4.74 Å². The molecule has 0 saturated heterocycles. The monoisotopic (exact) mass is 566 g/mol. The normalized spacial score (nSPS) is 11.2. The maximum atomic E-state index is 12.9. The fraction of sp³-hybridized carbons (Fsp3) is 0.120. The Hall–Kier alpha value is -3.21. The lowest BCUT2D eigenvalue weighted by Crippen LogP contribution is -2.16. The van der Waals surface area contributed by atoms with E-state index in [1.165, 1.54) is 30.2 Å². The number of pyridine rings is 1. The van der Waals surface area contributed by atoms with Crippen LogP contribution in [0.5, 0.6) is 0 Å². The van der Waals surface area contributed by atoms with Crippen molar-refractivity contribution in [2.75, 3.05) is 18.2 Å². The molecular formula is C25H19BrN4O3S2. The highest BCUT2D eigenvalue weighted by Gasteiger charge is 2.26. The molecule has 1 N–H and O–H groups in total. The Morgan fingerprint density at radius 2 is 1.86 bits per heavy atom. The van der Waals surface area contributed by atoms with Crippen LogP contribution in [0.3, 0.4) is 0 Å². The van der Waals surface area contributed by atoms with Crippen molar-refractivity contribution in [1.29, 1.82) is 0 Å². The number of rotatable bonds is 6. The molecule has 35 heavy (non-hydrogen) atoms. The zero-order valence-corrected chi connectivity index (χ0v) is 22.0. The highest BCUT2D eigenvalue weighted by molar-refractivity contribution is 9.11. The van der Waals surface area contributed by atoms with E-state index in [1.54, 1.807) is 0 Å². The molecule has 176 valence electrons. The molecule has 0 atom stereocenters. The summed E-state index contributed by atoms with van der Waals surface area (Å²) in [6.07, 6.45) is 0. The van der Waals surface area contributed by atoms with Gasteiger partial charge in [0.15, 0.2) is 10.8 Å². The van der Waals surface area contributed by atoms with Gasteiger partial charge in [-0.1, -0.05) is 60.3 Å². The summed E-state index contributed by atoms with van der Waals surface area (Å²) >= 11 is 6.12. The van der Waals surface area contributed by atoms with Gasteiger partial charge in [-0.3, -0.25) is 9.20 Å². The lowest BCUT2D eigenvalue weighted by atomic mass is 10.0. The molecule has 5 aromatic rings. The molecule has 7 nitrogen and oxygen atoms in total. The van der Waals surface area contributed by atoms with Gasteiger partial charge in [-0.25, -0.2) is 4.79 Å². The highest BCUT2D eigenvalue weighted by Crippen LogP contribution is 2.44. The van der Waals surface area contributed by atoms with Crippen molar-refractivity contribution >= 4 is 72.5 Å². The minimum Gasteiger partial charge on any atom is -0.465 e. The summed E-state index contributed by atoms with van der Waals surface area (Å²) in [5.74, 6) is -0.680. The molecule has 0 aliphatic rings. The van der Waals surface area contributed by atoms with Crippen LogP contribution in [0.1, 0.15) is 15.9 Å². The van der Waals surface area contributed by atoms with Crippen LogP contribution in [-0.2, 0) is 9.53 Å². The number of thioether (sulfide) groups is 1. The number of hydrogen-bond donors (Lipinski definition) is 1. The Bertz CT molecular complexity index is 1580. The number of thiophene rings is 1. The molecular weight excluding hydrogens is 548 g/mol. The second kappa shape index (κ2) is 9.80. The van der Waals surface area contributed by atoms with Crippen molar-refractivity contribution in [3.8, 4) is 11.1 Å². The van der Waals surface area contributed by atoms with Gasteiger partial charge in [-0.05, 0) is 46.1 Å². The third-order valence-corrected chi connectivity index (χ3v) is 8.18. The fourth-order valence-corrected chi connectivity index (χ4v) is 6.53. The number of aromatic nitrogens is 3. The number of carbonyl (C=O) groups is 2. The molecule has 0 bridgehead atoms. The van der Waals surface area contributed by atoms with Gasteiger partial charge < -0.3 is 10.1 Å². The van der Waals surface area contributed by atoms with Gasteiger partial charge in [-0.2, -0.15) is 0 Å². The van der Waals surface area contributed by atoms with Gasteiger partial charge in [0.25, 0.3) is 0 Å². The van der Waals surface area contributed by atoms with E-state index < -0.39 is 5.97 Å². The number of halogens is 1. The number of amides is 1. The predicted octanol–water partition coefficient (Wildman–Crippen LogP) is 6.20. The second-order valence-electron chi connectivity index (χ2n) is 7.67. The Labute approximate surface area is 217 Å². The molecule has 0 saturated carbocycles. The zero-order chi connectivity index (χ0) is 24.5. The van der Waals surface area contributed by atoms with Gasteiger partial charge in [0.2, 0.25) is 5.91 Å². The minimum atomic E-state index is -0.515. The van der Waals surface area contributed by atoms with E-state index >= 15 is 0 Å². The molecule has 0 aliphatic heterocycles. The molecule has 10 heteroatoms. The maximum absolute atomic E-state index is 12.9. The maximum Gasteiger partial charge on any atom is 0.341 e. The largest absolute Gasteiger partial charge is 0.465 e. The zero-order valence-electron chi connectivity index (χ0n) is 18.7. The first-order valence-electron chi connectivity index (χ1n) is 10.6. The van der Waals surface area contributed by atoms with E-state index in [-0.39, 0.29) is 11.7 Å². The number of benzene rings is 2. The van der Waals surface area contributed by atoms with Crippen LogP contribution in [0.15, 0.2) is 69.6 Å². The van der Waals surface area contributed by atoms with Crippen molar-refractivity contribution in [2.24, 2.45) is 0 Å². The molecule has 0 spiro atoms. The molecule has 5 rings (SSSR count). The lowest BCUT2D eigenvalue weighted by molar-refractivity contribution is -0.113. The Morgan fingerprint density at radius 1 is 1.11 bits per heavy atom. The Morgan fingerprint density at radius 3 is 2.63 bits per heavy atom. The number of carbonyl (C=O) groups excluding carboxylic acids is 2. The fourth-order valence-electron chi connectivity index (χ4n) is 3.91. The number of aryl methyl sites for hydroxylation is 1. The molecule has 0 unspecified atom stereocenters. The first-order chi connectivity index (χ1) is 17.0.